The average Bonchev–Trinajstić information content (AvgIpc) is 3.06. The van der Waals surface area contributed by atoms with Crippen molar-refractivity contribution in [3.05, 3.63) is 69.8 Å². The third-order valence-corrected chi connectivity index (χ3v) is 5.17. The predicted molar refractivity (Wildman–Crippen MR) is 102 cm³/mol. The molecule has 1 fully saturated rings. The van der Waals surface area contributed by atoms with Crippen LogP contribution in [0, 0.1) is 0 Å². The first-order valence-corrected chi connectivity index (χ1v) is 9.30. The lowest BCUT2D eigenvalue weighted by molar-refractivity contribution is 0.206. The molecule has 1 aliphatic rings. The molecule has 136 valence electrons. The summed E-state index contributed by atoms with van der Waals surface area (Å²) in [5.74, 6) is 0. The molecule has 0 aliphatic carbocycles. The molecule has 0 spiro atoms. The molecule has 4 rings (SSSR count). The zero-order valence-electron chi connectivity index (χ0n) is 14.9. The van der Waals surface area contributed by atoms with Crippen molar-refractivity contribution in [1.29, 1.82) is 0 Å². The summed E-state index contributed by atoms with van der Waals surface area (Å²) < 4.78 is 1.54. The van der Waals surface area contributed by atoms with E-state index >= 15 is 0 Å². The van der Waals surface area contributed by atoms with Gasteiger partial charge in [-0.3, -0.25) is 14.8 Å². The molecule has 0 radical (unpaired) electrons. The zero-order chi connectivity index (χ0) is 17.9. The summed E-state index contributed by atoms with van der Waals surface area (Å²) in [5.41, 5.74) is 9.86. The standard InChI is InChI=1S/C20H25N5O/c21-17-8-10-24(11-9-17)14-16-13-22-25-19(26)12-18(23-20(16)25)7-6-15-4-2-1-3-5-15/h1-5,12-13,17,22H,6-11,14,21H2. The highest BCUT2D eigenvalue weighted by atomic mass is 16.1. The van der Waals surface area contributed by atoms with E-state index in [9.17, 15) is 4.79 Å². The van der Waals surface area contributed by atoms with Crippen LogP contribution >= 0.6 is 0 Å². The SMILES string of the molecule is NC1CCN(Cc2c[nH]n3c(=O)cc(CCc4ccccc4)nc23)CC1. The number of piperidine rings is 1. The number of fused-ring (bicyclic) bond motifs is 1. The Labute approximate surface area is 152 Å². The number of rotatable bonds is 5. The van der Waals surface area contributed by atoms with Crippen LogP contribution in [0.15, 0.2) is 47.4 Å². The number of H-pyrrole nitrogens is 1. The van der Waals surface area contributed by atoms with Crippen LogP contribution < -0.4 is 11.3 Å². The Morgan fingerprint density at radius 3 is 2.69 bits per heavy atom. The van der Waals surface area contributed by atoms with Gasteiger partial charge in [-0.2, -0.15) is 0 Å². The second kappa shape index (κ2) is 7.43. The fraction of sp³-hybridized carbons (Fsp3) is 0.400. The van der Waals surface area contributed by atoms with E-state index in [1.165, 1.54) is 10.1 Å². The Balaban J connectivity index is 1.54. The minimum Gasteiger partial charge on any atom is -0.328 e. The maximum Gasteiger partial charge on any atom is 0.272 e. The largest absolute Gasteiger partial charge is 0.328 e. The molecule has 6 nitrogen and oxygen atoms in total. The van der Waals surface area contributed by atoms with Gasteiger partial charge in [0.15, 0.2) is 5.65 Å². The molecule has 1 saturated heterocycles. The first-order chi connectivity index (χ1) is 12.7. The Morgan fingerprint density at radius 1 is 1.15 bits per heavy atom. The van der Waals surface area contributed by atoms with E-state index in [4.69, 9.17) is 10.7 Å². The molecule has 6 heteroatoms. The summed E-state index contributed by atoms with van der Waals surface area (Å²) >= 11 is 0. The smallest absolute Gasteiger partial charge is 0.272 e. The van der Waals surface area contributed by atoms with Crippen LogP contribution in [-0.4, -0.2) is 38.6 Å². The van der Waals surface area contributed by atoms with E-state index in [0.29, 0.717) is 6.04 Å². The van der Waals surface area contributed by atoms with Crippen LogP contribution in [0.4, 0.5) is 0 Å². The summed E-state index contributed by atoms with van der Waals surface area (Å²) in [7, 11) is 0. The first kappa shape index (κ1) is 17.0. The van der Waals surface area contributed by atoms with E-state index in [2.05, 4.69) is 22.1 Å². The van der Waals surface area contributed by atoms with E-state index in [-0.39, 0.29) is 5.56 Å². The van der Waals surface area contributed by atoms with Crippen LogP contribution in [0.2, 0.25) is 0 Å². The van der Waals surface area contributed by atoms with Gasteiger partial charge in [-0.05, 0) is 44.3 Å². The summed E-state index contributed by atoms with van der Waals surface area (Å²) in [6.45, 7) is 2.79. The average molecular weight is 351 g/mol. The third kappa shape index (κ3) is 3.71. The highest BCUT2D eigenvalue weighted by Crippen LogP contribution is 2.15. The Morgan fingerprint density at radius 2 is 1.92 bits per heavy atom. The number of benzene rings is 1. The van der Waals surface area contributed by atoms with E-state index in [1.807, 2.05) is 24.4 Å². The Hall–Kier alpha value is -2.44. The highest BCUT2D eigenvalue weighted by molar-refractivity contribution is 5.46. The van der Waals surface area contributed by atoms with Gasteiger partial charge in [0.25, 0.3) is 5.56 Å². The maximum absolute atomic E-state index is 12.4. The zero-order valence-corrected chi connectivity index (χ0v) is 14.9. The van der Waals surface area contributed by atoms with Gasteiger partial charge in [0.2, 0.25) is 0 Å². The number of nitrogens with one attached hydrogen (secondary N) is 1. The molecule has 1 aromatic carbocycles. The van der Waals surface area contributed by atoms with Crippen LogP contribution in [0.1, 0.15) is 29.7 Å². The number of aryl methyl sites for hydroxylation is 2. The molecule has 0 saturated carbocycles. The first-order valence-electron chi connectivity index (χ1n) is 9.30. The van der Waals surface area contributed by atoms with Gasteiger partial charge >= 0.3 is 0 Å². The number of nitrogens with zero attached hydrogens (tertiary/aromatic N) is 3. The second-order valence-electron chi connectivity index (χ2n) is 7.14. The molecule has 0 bridgehead atoms. The minimum atomic E-state index is -0.0509. The summed E-state index contributed by atoms with van der Waals surface area (Å²) in [6, 6.07) is 12.3. The lowest BCUT2D eigenvalue weighted by Crippen LogP contribution is -2.39. The lowest BCUT2D eigenvalue weighted by Gasteiger charge is -2.29. The molecule has 0 amide bonds. The number of hydrogen-bond donors (Lipinski definition) is 2. The monoisotopic (exact) mass is 351 g/mol. The van der Waals surface area contributed by atoms with Gasteiger partial charge in [-0.15, -0.1) is 0 Å². The predicted octanol–water partition coefficient (Wildman–Crippen LogP) is 1.73. The van der Waals surface area contributed by atoms with Gasteiger partial charge < -0.3 is 5.73 Å². The van der Waals surface area contributed by atoms with Gasteiger partial charge in [0.1, 0.15) is 0 Å². The highest BCUT2D eigenvalue weighted by Gasteiger charge is 2.18. The number of nitrogens with two attached hydrogens (primary N) is 1. The van der Waals surface area contributed by atoms with Crippen molar-refractivity contribution in [1.82, 2.24) is 19.5 Å². The fourth-order valence-corrected chi connectivity index (χ4v) is 3.59. The normalized spacial score (nSPS) is 16.3. The van der Waals surface area contributed by atoms with Crippen molar-refractivity contribution < 1.29 is 0 Å². The minimum absolute atomic E-state index is 0.0509. The molecular formula is C20H25N5O. The van der Waals surface area contributed by atoms with Crippen LogP contribution in [0.25, 0.3) is 5.65 Å². The van der Waals surface area contributed by atoms with Gasteiger partial charge in [-0.25, -0.2) is 9.50 Å². The number of aromatic nitrogens is 3. The van der Waals surface area contributed by atoms with Crippen LogP contribution in [-0.2, 0) is 19.4 Å². The number of hydrogen-bond acceptors (Lipinski definition) is 4. The van der Waals surface area contributed by atoms with E-state index in [0.717, 1.165) is 62.2 Å². The fourth-order valence-electron chi connectivity index (χ4n) is 3.59. The summed E-state index contributed by atoms with van der Waals surface area (Å²) in [6.07, 6.45) is 5.60. The molecule has 0 unspecified atom stereocenters. The third-order valence-electron chi connectivity index (χ3n) is 5.17. The summed E-state index contributed by atoms with van der Waals surface area (Å²) in [4.78, 5) is 19.6. The summed E-state index contributed by atoms with van der Waals surface area (Å²) in [5, 5.41) is 3.05. The van der Waals surface area contributed by atoms with Crippen molar-refractivity contribution in [2.75, 3.05) is 13.1 Å². The molecule has 2 aromatic heterocycles. The van der Waals surface area contributed by atoms with Crippen molar-refractivity contribution >= 4 is 5.65 Å². The molecular weight excluding hydrogens is 326 g/mol. The van der Waals surface area contributed by atoms with Gasteiger partial charge in [0, 0.05) is 36.1 Å². The molecule has 3 aromatic rings. The van der Waals surface area contributed by atoms with Crippen LogP contribution in [0.5, 0.6) is 0 Å². The van der Waals surface area contributed by atoms with E-state index in [1.54, 1.807) is 6.07 Å². The number of likely N-dealkylation sites (tertiary alicyclic amines) is 1. The van der Waals surface area contributed by atoms with Gasteiger partial charge in [-0.1, -0.05) is 30.3 Å². The molecule has 1 aliphatic heterocycles. The quantitative estimate of drug-likeness (QED) is 0.734. The Bertz CT molecular complexity index is 922. The van der Waals surface area contributed by atoms with Gasteiger partial charge in [0.05, 0.1) is 0 Å². The van der Waals surface area contributed by atoms with Crippen molar-refractivity contribution in [2.45, 2.75) is 38.3 Å². The molecule has 3 heterocycles. The molecule has 26 heavy (non-hydrogen) atoms. The molecule has 0 atom stereocenters. The number of aromatic amines is 1. The van der Waals surface area contributed by atoms with Crippen molar-refractivity contribution in [3.63, 3.8) is 0 Å². The topological polar surface area (TPSA) is 79.4 Å². The lowest BCUT2D eigenvalue weighted by atomic mass is 10.1. The maximum atomic E-state index is 12.4. The van der Waals surface area contributed by atoms with Crippen LogP contribution in [0.3, 0.4) is 0 Å². The Kier molecular flexibility index (Phi) is 4.86. The van der Waals surface area contributed by atoms with Crippen molar-refractivity contribution in [3.8, 4) is 0 Å². The molecule has 3 N–H and O–H groups in total. The second-order valence-corrected chi connectivity index (χ2v) is 7.14. The van der Waals surface area contributed by atoms with E-state index < -0.39 is 0 Å². The van der Waals surface area contributed by atoms with Crippen molar-refractivity contribution in [2.24, 2.45) is 5.73 Å².